The van der Waals surface area contributed by atoms with Gasteiger partial charge in [0.2, 0.25) is 0 Å². The minimum atomic E-state index is -0.370. The third-order valence-electron chi connectivity index (χ3n) is 5.62. The van der Waals surface area contributed by atoms with E-state index in [2.05, 4.69) is 0 Å². The number of ether oxygens (including phenoxy) is 2. The van der Waals surface area contributed by atoms with Crippen LogP contribution >= 0.6 is 0 Å². The lowest BCUT2D eigenvalue weighted by Crippen LogP contribution is -2.34. The zero-order valence-corrected chi connectivity index (χ0v) is 18.9. The van der Waals surface area contributed by atoms with E-state index in [4.69, 9.17) is 13.9 Å². The molecule has 170 valence electrons. The number of furan rings is 1. The number of carbonyl (C=O) groups excluding carboxylic acids is 2. The first-order valence-electron chi connectivity index (χ1n) is 10.7. The summed E-state index contributed by atoms with van der Waals surface area (Å²) in [6.45, 7) is 3.08. The van der Waals surface area contributed by atoms with Crippen LogP contribution in [0.1, 0.15) is 23.8 Å². The van der Waals surface area contributed by atoms with Gasteiger partial charge >= 0.3 is 0 Å². The smallest absolute Gasteiger partial charge is 0.278 e. The first-order valence-corrected chi connectivity index (χ1v) is 10.7. The van der Waals surface area contributed by atoms with Gasteiger partial charge in [0.05, 0.1) is 32.6 Å². The quantitative estimate of drug-likeness (QED) is 0.461. The summed E-state index contributed by atoms with van der Waals surface area (Å²) in [6, 6.07) is 18.6. The molecule has 4 rings (SSSR count). The Morgan fingerprint density at radius 2 is 1.67 bits per heavy atom. The summed E-state index contributed by atoms with van der Waals surface area (Å²) in [5, 5.41) is 0. The highest BCUT2D eigenvalue weighted by Crippen LogP contribution is 2.37. The highest BCUT2D eigenvalue weighted by molar-refractivity contribution is 6.35. The van der Waals surface area contributed by atoms with E-state index in [9.17, 15) is 9.59 Å². The van der Waals surface area contributed by atoms with E-state index in [0.29, 0.717) is 47.2 Å². The third kappa shape index (κ3) is 4.35. The molecule has 0 aliphatic carbocycles. The lowest BCUT2D eigenvalue weighted by atomic mass is 10.0. The number of likely N-dealkylation sites (N-methyl/N-ethyl adjacent to an activating group) is 1. The number of nitrogens with zero attached hydrogens (tertiary/aromatic N) is 2. The molecule has 0 unspecified atom stereocenters. The van der Waals surface area contributed by atoms with Gasteiger partial charge in [-0.1, -0.05) is 36.4 Å². The SMILES string of the molecule is CCN(Cc1ccccc1)C1=C(c2ccc(OC)c(OC)c2)C(=O)N(Cc2ccco2)C1=O. The van der Waals surface area contributed by atoms with Gasteiger partial charge in [-0.2, -0.15) is 0 Å². The Balaban J connectivity index is 1.80. The van der Waals surface area contributed by atoms with Crippen LogP contribution in [0, 0.1) is 0 Å². The molecule has 1 aliphatic heterocycles. The molecule has 7 heteroatoms. The third-order valence-corrected chi connectivity index (χ3v) is 5.62. The van der Waals surface area contributed by atoms with Gasteiger partial charge in [0.15, 0.2) is 11.5 Å². The minimum absolute atomic E-state index is 0.0633. The number of amides is 2. The molecule has 1 aliphatic rings. The number of benzene rings is 2. The van der Waals surface area contributed by atoms with Crippen molar-refractivity contribution in [1.29, 1.82) is 0 Å². The van der Waals surface area contributed by atoms with Crippen molar-refractivity contribution in [1.82, 2.24) is 9.80 Å². The van der Waals surface area contributed by atoms with Crippen molar-refractivity contribution in [2.75, 3.05) is 20.8 Å². The molecular weight excluding hydrogens is 420 g/mol. The Morgan fingerprint density at radius 1 is 0.909 bits per heavy atom. The van der Waals surface area contributed by atoms with Gasteiger partial charge in [-0.15, -0.1) is 0 Å². The maximum Gasteiger partial charge on any atom is 0.278 e. The topological polar surface area (TPSA) is 72.2 Å². The van der Waals surface area contributed by atoms with Crippen LogP contribution in [0.5, 0.6) is 11.5 Å². The van der Waals surface area contributed by atoms with E-state index < -0.39 is 0 Å². The lowest BCUT2D eigenvalue weighted by Gasteiger charge is -2.25. The van der Waals surface area contributed by atoms with E-state index in [1.807, 2.05) is 42.2 Å². The molecule has 0 saturated carbocycles. The van der Waals surface area contributed by atoms with E-state index in [-0.39, 0.29) is 18.4 Å². The van der Waals surface area contributed by atoms with Gasteiger partial charge in [-0.3, -0.25) is 14.5 Å². The second-order valence-electron chi connectivity index (χ2n) is 7.57. The van der Waals surface area contributed by atoms with Crippen molar-refractivity contribution in [3.63, 3.8) is 0 Å². The van der Waals surface area contributed by atoms with Crippen molar-refractivity contribution in [3.05, 3.63) is 89.5 Å². The molecule has 0 radical (unpaired) electrons. The second-order valence-corrected chi connectivity index (χ2v) is 7.57. The van der Waals surface area contributed by atoms with Gasteiger partial charge < -0.3 is 18.8 Å². The van der Waals surface area contributed by atoms with Crippen molar-refractivity contribution < 1.29 is 23.5 Å². The highest BCUT2D eigenvalue weighted by atomic mass is 16.5. The number of methoxy groups -OCH3 is 2. The zero-order chi connectivity index (χ0) is 23.4. The fraction of sp³-hybridized carbons (Fsp3) is 0.231. The van der Waals surface area contributed by atoms with Gasteiger partial charge in [0, 0.05) is 13.1 Å². The summed E-state index contributed by atoms with van der Waals surface area (Å²) in [5.74, 6) is 0.849. The first kappa shape index (κ1) is 22.2. The van der Waals surface area contributed by atoms with Gasteiger partial charge in [0.1, 0.15) is 11.5 Å². The fourth-order valence-electron chi connectivity index (χ4n) is 3.96. The summed E-state index contributed by atoms with van der Waals surface area (Å²) < 4.78 is 16.2. The van der Waals surface area contributed by atoms with Crippen LogP contribution < -0.4 is 9.47 Å². The molecule has 0 saturated heterocycles. The van der Waals surface area contributed by atoms with Crippen LogP contribution in [-0.4, -0.2) is 42.4 Å². The average Bonchev–Trinajstić information content (AvgIpc) is 3.45. The molecule has 7 nitrogen and oxygen atoms in total. The number of hydrogen-bond donors (Lipinski definition) is 0. The van der Waals surface area contributed by atoms with Gasteiger partial charge in [-0.05, 0) is 42.3 Å². The Kier molecular flexibility index (Phi) is 6.49. The Hall–Kier alpha value is -4.00. The molecule has 0 fully saturated rings. The molecule has 0 bridgehead atoms. The molecule has 2 amide bonds. The number of hydrogen-bond acceptors (Lipinski definition) is 6. The predicted octanol–water partition coefficient (Wildman–Crippen LogP) is 4.10. The standard InChI is InChI=1S/C26H26N2O5/c1-4-27(16-18-9-6-5-7-10-18)24-23(19-12-13-21(31-2)22(15-19)32-3)25(29)28(26(24)30)17-20-11-8-14-33-20/h5-15H,4,16-17H2,1-3H3. The van der Waals surface area contributed by atoms with Crippen LogP contribution in [0.15, 0.2) is 77.0 Å². The summed E-state index contributed by atoms with van der Waals surface area (Å²) in [5.41, 5.74) is 2.34. The van der Waals surface area contributed by atoms with Crippen LogP contribution in [0.3, 0.4) is 0 Å². The van der Waals surface area contributed by atoms with E-state index in [1.54, 1.807) is 37.4 Å². The first-order chi connectivity index (χ1) is 16.1. The zero-order valence-electron chi connectivity index (χ0n) is 18.9. The average molecular weight is 447 g/mol. The monoisotopic (exact) mass is 446 g/mol. The normalized spacial score (nSPS) is 13.6. The summed E-state index contributed by atoms with van der Waals surface area (Å²) >= 11 is 0. The Labute approximate surface area is 192 Å². The summed E-state index contributed by atoms with van der Waals surface area (Å²) in [7, 11) is 3.09. The predicted molar refractivity (Wildman–Crippen MR) is 123 cm³/mol. The molecule has 0 N–H and O–H groups in total. The maximum atomic E-state index is 13.6. The van der Waals surface area contributed by atoms with Crippen LogP contribution in [0.4, 0.5) is 0 Å². The maximum absolute atomic E-state index is 13.6. The molecule has 2 heterocycles. The second kappa shape index (κ2) is 9.65. The lowest BCUT2D eigenvalue weighted by molar-refractivity contribution is -0.138. The molecular formula is C26H26N2O5. The van der Waals surface area contributed by atoms with Gasteiger partial charge in [-0.25, -0.2) is 0 Å². The highest BCUT2D eigenvalue weighted by Gasteiger charge is 2.41. The molecule has 2 aromatic carbocycles. The van der Waals surface area contributed by atoms with Crippen molar-refractivity contribution in [2.24, 2.45) is 0 Å². The summed E-state index contributed by atoms with van der Waals surface area (Å²) in [6.07, 6.45) is 1.53. The molecule has 1 aromatic heterocycles. The van der Waals surface area contributed by atoms with E-state index >= 15 is 0 Å². The molecule has 33 heavy (non-hydrogen) atoms. The largest absolute Gasteiger partial charge is 0.493 e. The van der Waals surface area contributed by atoms with E-state index in [0.717, 1.165) is 5.56 Å². The fourth-order valence-corrected chi connectivity index (χ4v) is 3.96. The van der Waals surface area contributed by atoms with Crippen molar-refractivity contribution in [3.8, 4) is 11.5 Å². The molecule has 0 atom stereocenters. The molecule has 0 spiro atoms. The van der Waals surface area contributed by atoms with E-state index in [1.165, 1.54) is 18.3 Å². The number of rotatable bonds is 9. The molecule has 3 aromatic rings. The number of imide groups is 1. The minimum Gasteiger partial charge on any atom is -0.493 e. The number of carbonyl (C=O) groups is 2. The van der Waals surface area contributed by atoms with Crippen molar-refractivity contribution in [2.45, 2.75) is 20.0 Å². The van der Waals surface area contributed by atoms with Crippen LogP contribution in [0.2, 0.25) is 0 Å². The Morgan fingerprint density at radius 3 is 2.30 bits per heavy atom. The Bertz CT molecular complexity index is 1170. The van der Waals surface area contributed by atoms with Crippen LogP contribution in [-0.2, 0) is 22.7 Å². The van der Waals surface area contributed by atoms with Gasteiger partial charge in [0.25, 0.3) is 11.8 Å². The van der Waals surface area contributed by atoms with Crippen LogP contribution in [0.25, 0.3) is 5.57 Å². The van der Waals surface area contributed by atoms with Crippen molar-refractivity contribution >= 4 is 17.4 Å². The summed E-state index contributed by atoms with van der Waals surface area (Å²) in [4.78, 5) is 30.4.